The van der Waals surface area contributed by atoms with E-state index in [0.29, 0.717) is 5.56 Å². The molecule has 1 heterocycles. The summed E-state index contributed by atoms with van der Waals surface area (Å²) in [5, 5.41) is 0.976. The van der Waals surface area contributed by atoms with Crippen LogP contribution in [0.1, 0.15) is 15.9 Å². The molecule has 2 aromatic rings. The van der Waals surface area contributed by atoms with Crippen molar-refractivity contribution < 1.29 is 4.79 Å². The first-order chi connectivity index (χ1) is 8.16. The zero-order valence-corrected chi connectivity index (χ0v) is 10.3. The third kappa shape index (κ3) is 2.88. The Kier molecular flexibility index (Phi) is 3.49. The maximum absolute atomic E-state index is 10.9. The van der Waals surface area contributed by atoms with Crippen LogP contribution in [0, 0.1) is 0 Å². The number of aromatic nitrogens is 2. The van der Waals surface area contributed by atoms with Gasteiger partial charge in [0.15, 0.2) is 5.16 Å². The molecule has 1 aromatic heterocycles. The molecule has 0 unspecified atom stereocenters. The molecule has 0 radical (unpaired) electrons. The van der Waals surface area contributed by atoms with Crippen molar-refractivity contribution in [1.29, 1.82) is 0 Å². The SMILES string of the molecule is Cn1ccnc1SCc1ccc(C(N)=O)cc1. The molecule has 2 N–H and O–H groups in total. The van der Waals surface area contributed by atoms with E-state index in [-0.39, 0.29) is 0 Å². The fraction of sp³-hybridized carbons (Fsp3) is 0.167. The number of thioether (sulfide) groups is 1. The first kappa shape index (κ1) is 11.7. The van der Waals surface area contributed by atoms with Crippen LogP contribution in [-0.2, 0) is 12.8 Å². The number of hydrogen-bond acceptors (Lipinski definition) is 3. The Morgan fingerprint density at radius 2 is 2.12 bits per heavy atom. The van der Waals surface area contributed by atoms with E-state index < -0.39 is 5.91 Å². The molecule has 0 aliphatic rings. The van der Waals surface area contributed by atoms with Gasteiger partial charge in [0.25, 0.3) is 0 Å². The second-order valence-corrected chi connectivity index (χ2v) is 4.61. The summed E-state index contributed by atoms with van der Waals surface area (Å²) in [4.78, 5) is 15.1. The van der Waals surface area contributed by atoms with Crippen LogP contribution in [0.25, 0.3) is 0 Å². The second-order valence-electron chi connectivity index (χ2n) is 3.67. The van der Waals surface area contributed by atoms with Gasteiger partial charge in [0, 0.05) is 30.8 Å². The molecule has 2 rings (SSSR count). The summed E-state index contributed by atoms with van der Waals surface area (Å²) >= 11 is 1.66. The molecule has 0 saturated heterocycles. The largest absolute Gasteiger partial charge is 0.366 e. The predicted octanol–water partition coefficient (Wildman–Crippen LogP) is 1.81. The number of amides is 1. The summed E-state index contributed by atoms with van der Waals surface area (Å²) in [6.07, 6.45) is 3.69. The summed E-state index contributed by atoms with van der Waals surface area (Å²) in [6.45, 7) is 0. The van der Waals surface area contributed by atoms with Crippen molar-refractivity contribution >= 4 is 17.7 Å². The number of primary amides is 1. The summed E-state index contributed by atoms with van der Waals surface area (Å²) in [5.74, 6) is 0.428. The Balaban J connectivity index is 2.00. The molecule has 1 aromatic carbocycles. The highest BCUT2D eigenvalue weighted by molar-refractivity contribution is 7.98. The molecule has 88 valence electrons. The molecule has 4 nitrogen and oxygen atoms in total. The van der Waals surface area contributed by atoms with Crippen molar-refractivity contribution in [3.05, 3.63) is 47.8 Å². The Bertz CT molecular complexity index is 519. The van der Waals surface area contributed by atoms with Crippen LogP contribution in [0.2, 0.25) is 0 Å². The number of imidazole rings is 1. The van der Waals surface area contributed by atoms with Gasteiger partial charge in [-0.1, -0.05) is 23.9 Å². The topological polar surface area (TPSA) is 60.9 Å². The second kappa shape index (κ2) is 5.05. The molecular formula is C12H13N3OS. The molecule has 0 spiro atoms. The van der Waals surface area contributed by atoms with Crippen LogP contribution >= 0.6 is 11.8 Å². The lowest BCUT2D eigenvalue weighted by Crippen LogP contribution is -2.10. The molecule has 0 atom stereocenters. The minimum absolute atomic E-state index is 0.395. The van der Waals surface area contributed by atoms with Crippen molar-refractivity contribution in [3.63, 3.8) is 0 Å². The molecule has 0 saturated carbocycles. The monoisotopic (exact) mass is 247 g/mol. The molecule has 0 fully saturated rings. The molecule has 1 amide bonds. The number of carbonyl (C=O) groups excluding carboxylic acids is 1. The van der Waals surface area contributed by atoms with Crippen molar-refractivity contribution in [1.82, 2.24) is 9.55 Å². The molecule has 0 aliphatic heterocycles. The smallest absolute Gasteiger partial charge is 0.248 e. The van der Waals surface area contributed by atoms with Crippen molar-refractivity contribution in [2.45, 2.75) is 10.9 Å². The summed E-state index contributed by atoms with van der Waals surface area (Å²) < 4.78 is 1.97. The van der Waals surface area contributed by atoms with Crippen molar-refractivity contribution in [3.8, 4) is 0 Å². The number of nitrogens with zero attached hydrogens (tertiary/aromatic N) is 2. The number of carbonyl (C=O) groups is 1. The Morgan fingerprint density at radius 1 is 1.41 bits per heavy atom. The number of nitrogens with two attached hydrogens (primary N) is 1. The molecule has 17 heavy (non-hydrogen) atoms. The minimum atomic E-state index is -0.395. The van der Waals surface area contributed by atoms with Gasteiger partial charge in [-0.25, -0.2) is 4.98 Å². The van der Waals surface area contributed by atoms with E-state index in [1.54, 1.807) is 30.1 Å². The average molecular weight is 247 g/mol. The number of aryl methyl sites for hydroxylation is 1. The Morgan fingerprint density at radius 3 is 2.65 bits per heavy atom. The van der Waals surface area contributed by atoms with Crippen molar-refractivity contribution in [2.24, 2.45) is 12.8 Å². The highest BCUT2D eigenvalue weighted by atomic mass is 32.2. The lowest BCUT2D eigenvalue weighted by Gasteiger charge is -2.02. The molecule has 5 heteroatoms. The van der Waals surface area contributed by atoms with E-state index >= 15 is 0 Å². The highest BCUT2D eigenvalue weighted by Gasteiger charge is 2.02. The van der Waals surface area contributed by atoms with Gasteiger partial charge >= 0.3 is 0 Å². The van der Waals surface area contributed by atoms with Crippen molar-refractivity contribution in [2.75, 3.05) is 0 Å². The van der Waals surface area contributed by atoms with E-state index in [1.807, 2.05) is 29.9 Å². The minimum Gasteiger partial charge on any atom is -0.366 e. The van der Waals surface area contributed by atoms with Crippen LogP contribution in [0.3, 0.4) is 0 Å². The average Bonchev–Trinajstić information content (AvgIpc) is 2.73. The summed E-state index contributed by atoms with van der Waals surface area (Å²) in [7, 11) is 1.96. The zero-order valence-electron chi connectivity index (χ0n) is 9.46. The quantitative estimate of drug-likeness (QED) is 0.838. The van der Waals surface area contributed by atoms with Gasteiger partial charge in [-0.15, -0.1) is 0 Å². The Labute approximate surface area is 104 Å². The Hall–Kier alpha value is -1.75. The van der Waals surface area contributed by atoms with E-state index in [1.165, 1.54) is 0 Å². The number of rotatable bonds is 4. The molecule has 0 aliphatic carbocycles. The third-order valence-corrected chi connectivity index (χ3v) is 3.51. The van der Waals surface area contributed by atoms with E-state index in [4.69, 9.17) is 5.73 Å². The van der Waals surface area contributed by atoms with E-state index in [2.05, 4.69) is 4.98 Å². The summed E-state index contributed by atoms with van der Waals surface area (Å²) in [6, 6.07) is 7.32. The van der Waals surface area contributed by atoms with Gasteiger partial charge < -0.3 is 10.3 Å². The van der Waals surface area contributed by atoms with Gasteiger partial charge in [0.1, 0.15) is 0 Å². The number of hydrogen-bond donors (Lipinski definition) is 1. The number of benzene rings is 1. The lowest BCUT2D eigenvalue weighted by molar-refractivity contribution is 0.100. The maximum Gasteiger partial charge on any atom is 0.248 e. The third-order valence-electron chi connectivity index (χ3n) is 2.38. The van der Waals surface area contributed by atoms with Gasteiger partial charge in [-0.2, -0.15) is 0 Å². The fourth-order valence-electron chi connectivity index (χ4n) is 1.40. The van der Waals surface area contributed by atoms with Crippen LogP contribution in [0.15, 0.2) is 41.8 Å². The standard InChI is InChI=1S/C12H13N3OS/c1-15-7-6-14-12(15)17-8-9-2-4-10(5-3-9)11(13)16/h2-7H,8H2,1H3,(H2,13,16). The summed E-state index contributed by atoms with van der Waals surface area (Å²) in [5.41, 5.74) is 6.86. The van der Waals surface area contributed by atoms with Gasteiger partial charge in [-0.05, 0) is 17.7 Å². The highest BCUT2D eigenvalue weighted by Crippen LogP contribution is 2.20. The van der Waals surface area contributed by atoms with Gasteiger partial charge in [0.05, 0.1) is 0 Å². The van der Waals surface area contributed by atoms with Crippen LogP contribution in [0.4, 0.5) is 0 Å². The van der Waals surface area contributed by atoms with Gasteiger partial charge in [0.2, 0.25) is 5.91 Å². The lowest BCUT2D eigenvalue weighted by atomic mass is 10.1. The fourth-order valence-corrected chi connectivity index (χ4v) is 2.29. The van der Waals surface area contributed by atoms with E-state index in [9.17, 15) is 4.79 Å². The zero-order chi connectivity index (χ0) is 12.3. The van der Waals surface area contributed by atoms with Crippen LogP contribution < -0.4 is 5.73 Å². The predicted molar refractivity (Wildman–Crippen MR) is 67.7 cm³/mol. The first-order valence-electron chi connectivity index (χ1n) is 5.15. The van der Waals surface area contributed by atoms with Crippen LogP contribution in [-0.4, -0.2) is 15.5 Å². The first-order valence-corrected chi connectivity index (χ1v) is 6.14. The molecular weight excluding hydrogens is 234 g/mol. The van der Waals surface area contributed by atoms with Crippen LogP contribution in [0.5, 0.6) is 0 Å². The van der Waals surface area contributed by atoms with Gasteiger partial charge in [-0.3, -0.25) is 4.79 Å². The normalized spacial score (nSPS) is 10.4. The maximum atomic E-state index is 10.9. The van der Waals surface area contributed by atoms with E-state index in [0.717, 1.165) is 16.5 Å². The molecule has 0 bridgehead atoms.